The molecule has 1 amide bonds. The van der Waals surface area contributed by atoms with Crippen LogP contribution in [0.15, 0.2) is 30.5 Å². The number of halogens is 1. The summed E-state index contributed by atoms with van der Waals surface area (Å²) < 4.78 is 0. The minimum atomic E-state index is -0.413. The van der Waals surface area contributed by atoms with Crippen molar-refractivity contribution < 1.29 is 4.79 Å². The summed E-state index contributed by atoms with van der Waals surface area (Å²) in [7, 11) is 0. The fraction of sp³-hybridized carbons (Fsp3) is 0.0769. The standard InChI is InChI=1S/C13H9ClN4O/c1-8-5-10(15-2)6-11(17-8)13(19)18-12-4-3-9(14)7-16-12/h3-7H,1H3,(H,16,18,19). The number of carbonyl (C=O) groups is 1. The SMILES string of the molecule is [C-]#[N+]c1cc(C)nc(C(=O)Nc2ccc(Cl)cn2)c1. The molecule has 0 radical (unpaired) electrons. The molecule has 0 aliphatic heterocycles. The van der Waals surface area contributed by atoms with Crippen molar-refractivity contribution in [2.75, 3.05) is 5.32 Å². The topological polar surface area (TPSA) is 59.2 Å². The van der Waals surface area contributed by atoms with E-state index in [-0.39, 0.29) is 5.69 Å². The third-order valence-corrected chi connectivity index (χ3v) is 2.49. The highest BCUT2D eigenvalue weighted by Gasteiger charge is 2.10. The summed E-state index contributed by atoms with van der Waals surface area (Å²) in [6, 6.07) is 6.26. The number of aromatic nitrogens is 2. The molecule has 0 aliphatic rings. The van der Waals surface area contributed by atoms with Gasteiger partial charge in [-0.2, -0.15) is 0 Å². The van der Waals surface area contributed by atoms with Gasteiger partial charge in [0.25, 0.3) is 5.91 Å². The zero-order valence-electron chi connectivity index (χ0n) is 10.0. The molecule has 0 saturated heterocycles. The lowest BCUT2D eigenvalue weighted by Crippen LogP contribution is -2.14. The molecule has 94 valence electrons. The van der Waals surface area contributed by atoms with Gasteiger partial charge in [-0.3, -0.25) is 9.78 Å². The van der Waals surface area contributed by atoms with Gasteiger partial charge >= 0.3 is 0 Å². The molecular formula is C13H9ClN4O. The molecule has 0 fully saturated rings. The van der Waals surface area contributed by atoms with E-state index in [0.29, 0.717) is 22.2 Å². The van der Waals surface area contributed by atoms with E-state index >= 15 is 0 Å². The first-order chi connectivity index (χ1) is 9.08. The molecule has 0 aromatic carbocycles. The number of nitrogens with zero attached hydrogens (tertiary/aromatic N) is 3. The molecule has 2 aromatic rings. The minimum absolute atomic E-state index is 0.183. The molecule has 0 bridgehead atoms. The zero-order valence-corrected chi connectivity index (χ0v) is 10.8. The van der Waals surface area contributed by atoms with Gasteiger partial charge in [-0.1, -0.05) is 11.6 Å². The summed E-state index contributed by atoms with van der Waals surface area (Å²) in [5.41, 5.74) is 1.17. The average Bonchev–Trinajstić information content (AvgIpc) is 2.40. The van der Waals surface area contributed by atoms with Crippen LogP contribution in [0.2, 0.25) is 5.02 Å². The third-order valence-electron chi connectivity index (χ3n) is 2.27. The van der Waals surface area contributed by atoms with Crippen molar-refractivity contribution in [3.05, 3.63) is 58.3 Å². The van der Waals surface area contributed by atoms with Gasteiger partial charge in [-0.25, -0.2) is 9.83 Å². The molecule has 5 nitrogen and oxygen atoms in total. The Hall–Kier alpha value is -2.45. The largest absolute Gasteiger partial charge is 0.305 e. The maximum Gasteiger partial charge on any atom is 0.274 e. The van der Waals surface area contributed by atoms with Gasteiger partial charge in [0.15, 0.2) is 5.69 Å². The number of nitrogens with one attached hydrogen (secondary N) is 1. The van der Waals surface area contributed by atoms with Gasteiger partial charge in [0.05, 0.1) is 11.6 Å². The van der Waals surface area contributed by atoms with E-state index in [2.05, 4.69) is 20.1 Å². The first-order valence-electron chi connectivity index (χ1n) is 5.37. The van der Waals surface area contributed by atoms with Crippen molar-refractivity contribution >= 4 is 29.0 Å². The second-order valence-corrected chi connectivity index (χ2v) is 4.22. The van der Waals surface area contributed by atoms with E-state index in [4.69, 9.17) is 18.2 Å². The normalized spacial score (nSPS) is 9.74. The molecule has 0 unspecified atom stereocenters. The minimum Gasteiger partial charge on any atom is -0.305 e. The van der Waals surface area contributed by atoms with E-state index in [1.54, 1.807) is 25.1 Å². The van der Waals surface area contributed by atoms with Crippen molar-refractivity contribution in [2.45, 2.75) is 6.92 Å². The summed E-state index contributed by atoms with van der Waals surface area (Å²) in [6.07, 6.45) is 1.44. The van der Waals surface area contributed by atoms with Crippen molar-refractivity contribution in [1.29, 1.82) is 0 Å². The van der Waals surface area contributed by atoms with Crippen LogP contribution in [0.1, 0.15) is 16.2 Å². The maximum absolute atomic E-state index is 12.0. The van der Waals surface area contributed by atoms with E-state index in [9.17, 15) is 4.79 Å². The van der Waals surface area contributed by atoms with Crippen molar-refractivity contribution in [2.24, 2.45) is 0 Å². The first-order valence-corrected chi connectivity index (χ1v) is 5.75. The number of aryl methyl sites for hydroxylation is 1. The number of rotatable bonds is 2. The highest BCUT2D eigenvalue weighted by atomic mass is 35.5. The van der Waals surface area contributed by atoms with Crippen molar-refractivity contribution in [3.8, 4) is 0 Å². The van der Waals surface area contributed by atoms with Crippen LogP contribution >= 0.6 is 11.6 Å². The van der Waals surface area contributed by atoms with Crippen LogP contribution in [0.5, 0.6) is 0 Å². The lowest BCUT2D eigenvalue weighted by molar-refractivity contribution is 0.102. The van der Waals surface area contributed by atoms with E-state index in [1.165, 1.54) is 12.3 Å². The quantitative estimate of drug-likeness (QED) is 0.854. The second-order valence-electron chi connectivity index (χ2n) is 3.78. The predicted molar refractivity (Wildman–Crippen MR) is 72.4 cm³/mol. The zero-order chi connectivity index (χ0) is 13.8. The maximum atomic E-state index is 12.0. The lowest BCUT2D eigenvalue weighted by Gasteiger charge is -2.05. The van der Waals surface area contributed by atoms with Crippen LogP contribution < -0.4 is 5.32 Å². The molecule has 6 heteroatoms. The van der Waals surface area contributed by atoms with Gasteiger partial charge in [0, 0.05) is 11.9 Å². The summed E-state index contributed by atoms with van der Waals surface area (Å²) >= 11 is 5.70. The number of carbonyl (C=O) groups excluding carboxylic acids is 1. The molecule has 1 N–H and O–H groups in total. The van der Waals surface area contributed by atoms with Crippen LogP contribution in [-0.4, -0.2) is 15.9 Å². The molecular weight excluding hydrogens is 264 g/mol. The number of anilines is 1. The Bertz CT molecular complexity index is 661. The highest BCUT2D eigenvalue weighted by Crippen LogP contribution is 2.16. The molecule has 0 saturated carbocycles. The average molecular weight is 273 g/mol. The van der Waals surface area contributed by atoms with E-state index in [1.807, 2.05) is 0 Å². The number of amides is 1. The van der Waals surface area contributed by atoms with Gasteiger partial charge in [-0.05, 0) is 31.2 Å². The van der Waals surface area contributed by atoms with E-state index < -0.39 is 5.91 Å². The third kappa shape index (κ3) is 3.27. The lowest BCUT2D eigenvalue weighted by atomic mass is 10.2. The monoisotopic (exact) mass is 272 g/mol. The number of hydrogen-bond donors (Lipinski definition) is 1. The molecule has 19 heavy (non-hydrogen) atoms. The Labute approximate surface area is 115 Å². The van der Waals surface area contributed by atoms with Gasteiger partial charge in [0.2, 0.25) is 0 Å². The Morgan fingerprint density at radius 3 is 2.84 bits per heavy atom. The van der Waals surface area contributed by atoms with Crippen LogP contribution in [0.3, 0.4) is 0 Å². The fourth-order valence-corrected chi connectivity index (χ4v) is 1.57. The van der Waals surface area contributed by atoms with Crippen LogP contribution in [0, 0.1) is 13.5 Å². The molecule has 0 atom stereocenters. The fourth-order valence-electron chi connectivity index (χ4n) is 1.46. The first kappa shape index (κ1) is 13.0. The Morgan fingerprint density at radius 1 is 1.42 bits per heavy atom. The Kier molecular flexibility index (Phi) is 3.74. The van der Waals surface area contributed by atoms with Crippen molar-refractivity contribution in [3.63, 3.8) is 0 Å². The smallest absolute Gasteiger partial charge is 0.274 e. The van der Waals surface area contributed by atoms with Crippen LogP contribution in [-0.2, 0) is 0 Å². The number of pyridine rings is 2. The predicted octanol–water partition coefficient (Wildman–Crippen LogP) is 3.24. The van der Waals surface area contributed by atoms with Gasteiger partial charge in [-0.15, -0.1) is 0 Å². The molecule has 0 aliphatic carbocycles. The van der Waals surface area contributed by atoms with Crippen molar-refractivity contribution in [1.82, 2.24) is 9.97 Å². The summed E-state index contributed by atoms with van der Waals surface area (Å²) in [5.74, 6) is -0.0366. The molecule has 0 spiro atoms. The second kappa shape index (κ2) is 5.46. The molecule has 2 rings (SSSR count). The molecule has 2 heterocycles. The number of hydrogen-bond acceptors (Lipinski definition) is 3. The van der Waals surface area contributed by atoms with Gasteiger partial charge in [0.1, 0.15) is 11.5 Å². The van der Waals surface area contributed by atoms with Crippen LogP contribution in [0.4, 0.5) is 11.5 Å². The summed E-state index contributed by atoms with van der Waals surface area (Å²) in [5, 5.41) is 3.08. The van der Waals surface area contributed by atoms with E-state index in [0.717, 1.165) is 0 Å². The summed E-state index contributed by atoms with van der Waals surface area (Å²) in [4.78, 5) is 23.3. The van der Waals surface area contributed by atoms with Crippen LogP contribution in [0.25, 0.3) is 4.85 Å². The van der Waals surface area contributed by atoms with Gasteiger partial charge < -0.3 is 5.32 Å². The highest BCUT2D eigenvalue weighted by molar-refractivity contribution is 6.30. The Balaban J connectivity index is 2.23. The Morgan fingerprint density at radius 2 is 2.21 bits per heavy atom. The summed E-state index contributed by atoms with van der Waals surface area (Å²) in [6.45, 7) is 8.69. The molecule has 2 aromatic heterocycles.